The number of ether oxygens (including phenoxy) is 5. The zero-order chi connectivity index (χ0) is 28.9. The van der Waals surface area contributed by atoms with Crippen LogP contribution < -0.4 is 0 Å². The Morgan fingerprint density at radius 1 is 1.00 bits per heavy atom. The van der Waals surface area contributed by atoms with Crippen LogP contribution >= 0.6 is 0 Å². The summed E-state index contributed by atoms with van der Waals surface area (Å²) >= 11 is 0. The topological polar surface area (TPSA) is 83.5 Å². The molecule has 2 heterocycles. The van der Waals surface area contributed by atoms with Gasteiger partial charge < -0.3 is 28.8 Å². The van der Waals surface area contributed by atoms with Crippen LogP contribution in [-0.2, 0) is 28.5 Å². The fourth-order valence-electron chi connectivity index (χ4n) is 6.33. The first-order valence-electron chi connectivity index (χ1n) is 16.5. The molecule has 7 heteroatoms. The molecule has 0 aromatic heterocycles. The number of rotatable bonds is 15. The van der Waals surface area contributed by atoms with Gasteiger partial charge in [0.05, 0.1) is 25.4 Å². The Labute approximate surface area is 248 Å². The lowest BCUT2D eigenvalue weighted by atomic mass is 9.87. The van der Waals surface area contributed by atoms with E-state index in [1.54, 1.807) is 0 Å². The predicted octanol–water partition coefficient (Wildman–Crippen LogP) is 6.32. The van der Waals surface area contributed by atoms with Crippen molar-refractivity contribution in [3.8, 4) is 11.8 Å². The minimum atomic E-state index is -0.406. The fraction of sp³-hybridized carbons (Fsp3) is 0.853. The first-order valence-corrected chi connectivity index (χ1v) is 16.5. The molecule has 2 aliphatic carbocycles. The molecule has 0 bridgehead atoms. The van der Waals surface area contributed by atoms with E-state index in [-0.39, 0.29) is 48.5 Å². The van der Waals surface area contributed by atoms with Crippen molar-refractivity contribution in [3.05, 3.63) is 12.2 Å². The van der Waals surface area contributed by atoms with Gasteiger partial charge >= 0.3 is 5.97 Å². The van der Waals surface area contributed by atoms with Crippen LogP contribution in [0.5, 0.6) is 0 Å². The average Bonchev–Trinajstić information content (AvgIpc) is 3.77. The van der Waals surface area contributed by atoms with Gasteiger partial charge in [0.15, 0.2) is 12.6 Å². The van der Waals surface area contributed by atoms with Crippen LogP contribution in [0.3, 0.4) is 0 Å². The van der Waals surface area contributed by atoms with Crippen LogP contribution in [0.2, 0.25) is 0 Å². The van der Waals surface area contributed by atoms with Crippen molar-refractivity contribution in [2.75, 3.05) is 20.3 Å². The highest BCUT2D eigenvalue weighted by molar-refractivity contribution is 5.68. The standard InChI is InChI=1S/C34H54O7/c1-25(12-11-13-26-18-19-26)30(40-33-16-7-9-22-38-33)21-20-28-27(14-5-3-4-6-15-32(36)37-2)29(35)24-31(28)41-34-17-8-10-23-39-34/h20-21,25-31,33-35H,3-10,12,14-19,22-24H2,1-2H3/b21-20+/t25?,27-,28-,29+,30?,31-,33?,34?/m1/s1. The molecule has 41 heavy (non-hydrogen) atoms. The molecule has 8 atom stereocenters. The van der Waals surface area contributed by atoms with Crippen molar-refractivity contribution in [1.29, 1.82) is 0 Å². The van der Waals surface area contributed by atoms with E-state index >= 15 is 0 Å². The molecule has 4 unspecified atom stereocenters. The normalized spacial score (nSPS) is 31.9. The quantitative estimate of drug-likeness (QED) is 0.106. The lowest BCUT2D eigenvalue weighted by Crippen LogP contribution is -2.32. The van der Waals surface area contributed by atoms with Crippen LogP contribution in [0.4, 0.5) is 0 Å². The van der Waals surface area contributed by atoms with E-state index in [2.05, 4.69) is 30.9 Å². The van der Waals surface area contributed by atoms with Gasteiger partial charge in [0.1, 0.15) is 0 Å². The fourth-order valence-corrected chi connectivity index (χ4v) is 6.33. The van der Waals surface area contributed by atoms with Crippen molar-refractivity contribution in [1.82, 2.24) is 0 Å². The van der Waals surface area contributed by atoms with Crippen molar-refractivity contribution < 1.29 is 33.6 Å². The average molecular weight is 575 g/mol. The minimum absolute atomic E-state index is 0.0785. The molecule has 0 radical (unpaired) electrons. The van der Waals surface area contributed by atoms with E-state index < -0.39 is 6.10 Å². The van der Waals surface area contributed by atoms with Gasteiger partial charge in [-0.2, -0.15) is 0 Å². The highest BCUT2D eigenvalue weighted by atomic mass is 16.7. The number of methoxy groups -OCH3 is 1. The highest BCUT2D eigenvalue weighted by Gasteiger charge is 2.43. The molecule has 4 rings (SSSR count). The first kappa shape index (κ1) is 32.5. The van der Waals surface area contributed by atoms with Crippen molar-refractivity contribution in [2.45, 2.75) is 141 Å². The number of unbranched alkanes of at least 4 members (excludes halogenated alkanes) is 3. The Balaban J connectivity index is 1.41. The van der Waals surface area contributed by atoms with Crippen LogP contribution in [-0.4, -0.2) is 62.3 Å². The summed E-state index contributed by atoms with van der Waals surface area (Å²) in [6.45, 7) is 3.72. The van der Waals surface area contributed by atoms with Gasteiger partial charge in [0.25, 0.3) is 0 Å². The van der Waals surface area contributed by atoms with Crippen LogP contribution in [0.15, 0.2) is 12.2 Å². The lowest BCUT2D eigenvalue weighted by molar-refractivity contribution is -0.193. The van der Waals surface area contributed by atoms with Gasteiger partial charge in [-0.3, -0.25) is 4.79 Å². The molecule has 2 saturated carbocycles. The first-order chi connectivity index (χ1) is 20.0. The molecule has 0 aromatic carbocycles. The SMILES string of the molecule is COC(=O)CCCCCC[C@@H]1[C@@H](/C=C/C(OC2CCCCO2)C(C)CC#CC2CC2)[C@H](OC2CCCCO2)C[C@@H]1O. The number of esters is 1. The van der Waals surface area contributed by atoms with E-state index in [1.165, 1.54) is 20.0 Å². The second-order valence-electron chi connectivity index (χ2n) is 12.6. The molecule has 4 aliphatic rings. The molecule has 0 aromatic rings. The number of carbonyl (C=O) groups excluding carboxylic acids is 1. The summed E-state index contributed by atoms with van der Waals surface area (Å²) in [7, 11) is 1.44. The second kappa shape index (κ2) is 17.6. The zero-order valence-electron chi connectivity index (χ0n) is 25.5. The predicted molar refractivity (Wildman–Crippen MR) is 158 cm³/mol. The molecule has 232 valence electrons. The van der Waals surface area contributed by atoms with Crippen LogP contribution in [0, 0.1) is 35.5 Å². The smallest absolute Gasteiger partial charge is 0.305 e. The molecule has 2 aliphatic heterocycles. The lowest BCUT2D eigenvalue weighted by Gasteiger charge is -2.31. The third kappa shape index (κ3) is 11.3. The third-order valence-electron chi connectivity index (χ3n) is 9.09. The van der Waals surface area contributed by atoms with Crippen molar-refractivity contribution >= 4 is 5.97 Å². The number of aliphatic hydroxyl groups excluding tert-OH is 1. The number of hydrogen-bond acceptors (Lipinski definition) is 7. The second-order valence-corrected chi connectivity index (χ2v) is 12.6. The third-order valence-corrected chi connectivity index (χ3v) is 9.09. The summed E-state index contributed by atoms with van der Waals surface area (Å²) in [5.74, 6) is 7.72. The van der Waals surface area contributed by atoms with Crippen molar-refractivity contribution in [3.63, 3.8) is 0 Å². The Hall–Kier alpha value is -1.43. The number of carbonyl (C=O) groups is 1. The maximum atomic E-state index is 11.4. The van der Waals surface area contributed by atoms with E-state index in [1.807, 2.05) is 0 Å². The summed E-state index contributed by atoms with van der Waals surface area (Å²) in [5.41, 5.74) is 0. The molecule has 4 fully saturated rings. The summed E-state index contributed by atoms with van der Waals surface area (Å²) < 4.78 is 29.7. The van der Waals surface area contributed by atoms with Crippen LogP contribution in [0.25, 0.3) is 0 Å². The van der Waals surface area contributed by atoms with E-state index in [4.69, 9.17) is 23.7 Å². The van der Waals surface area contributed by atoms with Gasteiger partial charge in [-0.25, -0.2) is 0 Å². The minimum Gasteiger partial charge on any atom is -0.469 e. The maximum absolute atomic E-state index is 11.4. The number of hydrogen-bond donors (Lipinski definition) is 1. The zero-order valence-corrected chi connectivity index (χ0v) is 25.5. The largest absolute Gasteiger partial charge is 0.469 e. The molecular weight excluding hydrogens is 520 g/mol. The van der Waals surface area contributed by atoms with Gasteiger partial charge in [0, 0.05) is 44.3 Å². The van der Waals surface area contributed by atoms with E-state index in [9.17, 15) is 9.90 Å². The highest BCUT2D eigenvalue weighted by Crippen LogP contribution is 2.40. The monoisotopic (exact) mass is 574 g/mol. The summed E-state index contributed by atoms with van der Waals surface area (Å²) in [5, 5.41) is 11.2. The van der Waals surface area contributed by atoms with Gasteiger partial charge in [-0.15, -0.1) is 5.92 Å². The van der Waals surface area contributed by atoms with Gasteiger partial charge in [-0.05, 0) is 76.0 Å². The molecule has 2 saturated heterocycles. The molecule has 0 spiro atoms. The number of aliphatic hydroxyl groups is 1. The summed E-state index contributed by atoms with van der Waals surface area (Å²) in [6, 6.07) is 0. The Morgan fingerprint density at radius 3 is 2.41 bits per heavy atom. The molecule has 0 amide bonds. The molecule has 1 N–H and O–H groups in total. The van der Waals surface area contributed by atoms with Crippen LogP contribution in [0.1, 0.15) is 110 Å². The van der Waals surface area contributed by atoms with Gasteiger partial charge in [0.2, 0.25) is 0 Å². The summed E-state index contributed by atoms with van der Waals surface area (Å²) in [6.07, 6.45) is 19.0. The van der Waals surface area contributed by atoms with Gasteiger partial charge in [-0.1, -0.05) is 44.3 Å². The Morgan fingerprint density at radius 2 is 1.73 bits per heavy atom. The van der Waals surface area contributed by atoms with Crippen molar-refractivity contribution in [2.24, 2.45) is 23.7 Å². The van der Waals surface area contributed by atoms with E-state index in [0.717, 1.165) is 90.3 Å². The molecule has 7 nitrogen and oxygen atoms in total. The Bertz CT molecular complexity index is 847. The Kier molecular flexibility index (Phi) is 14.0. The summed E-state index contributed by atoms with van der Waals surface area (Å²) in [4.78, 5) is 11.4. The maximum Gasteiger partial charge on any atom is 0.305 e. The van der Waals surface area contributed by atoms with E-state index in [0.29, 0.717) is 18.8 Å². The molecular formula is C34H54O7.